The molecule has 0 spiro atoms. The van der Waals surface area contributed by atoms with Gasteiger partial charge >= 0.3 is 0 Å². The molecule has 0 amide bonds. The minimum atomic E-state index is -0.00395. The Hall–Kier alpha value is -0.260. The van der Waals surface area contributed by atoms with E-state index in [0.29, 0.717) is 0 Å². The molecule has 0 unspecified atom stereocenters. The summed E-state index contributed by atoms with van der Waals surface area (Å²) in [6.45, 7) is 5.35. The summed E-state index contributed by atoms with van der Waals surface area (Å²) in [4.78, 5) is 0.223. The van der Waals surface area contributed by atoms with Gasteiger partial charge in [0, 0.05) is 21.5 Å². The zero-order chi connectivity index (χ0) is 14.5. The van der Waals surface area contributed by atoms with Gasteiger partial charge in [-0.2, -0.15) is 0 Å². The van der Waals surface area contributed by atoms with E-state index in [2.05, 4.69) is 45.7 Å². The fraction of sp³-hybridized carbons (Fsp3) is 0.600. The number of hydrogen-bond donors (Lipinski definition) is 0. The Morgan fingerprint density at radius 1 is 1.25 bits per heavy atom. The van der Waals surface area contributed by atoms with Gasteiger partial charge in [-0.25, -0.2) is 0 Å². The highest BCUT2D eigenvalue weighted by Gasteiger charge is 2.24. The molecule has 0 aliphatic carbocycles. The van der Waals surface area contributed by atoms with Crippen molar-refractivity contribution in [3.05, 3.63) is 22.2 Å². The van der Waals surface area contributed by atoms with Crippen LogP contribution in [-0.4, -0.2) is 18.2 Å². The lowest BCUT2D eigenvalue weighted by Crippen LogP contribution is -2.14. The zero-order valence-corrected chi connectivity index (χ0v) is 15.0. The van der Waals surface area contributed by atoms with Crippen LogP contribution in [0.2, 0.25) is 0 Å². The number of fused-ring (bicyclic) bond motifs is 1. The highest BCUT2D eigenvalue weighted by atomic mass is 79.9. The third-order valence-electron chi connectivity index (χ3n) is 3.26. The van der Waals surface area contributed by atoms with Gasteiger partial charge < -0.3 is 14.2 Å². The smallest absolute Gasteiger partial charge is 0.231 e. The van der Waals surface area contributed by atoms with Gasteiger partial charge in [0.2, 0.25) is 6.79 Å². The maximum Gasteiger partial charge on any atom is 0.231 e. The van der Waals surface area contributed by atoms with Crippen molar-refractivity contribution in [2.24, 2.45) is 0 Å². The molecule has 1 aliphatic heterocycles. The second kappa shape index (κ2) is 7.66. The Labute approximate surface area is 137 Å². The van der Waals surface area contributed by atoms with Gasteiger partial charge in [0.25, 0.3) is 0 Å². The van der Waals surface area contributed by atoms with E-state index in [4.69, 9.17) is 14.2 Å². The van der Waals surface area contributed by atoms with Gasteiger partial charge in [-0.1, -0.05) is 51.6 Å². The normalized spacial score (nSPS) is 16.2. The maximum absolute atomic E-state index is 6.06. The number of halogens is 2. The van der Waals surface area contributed by atoms with Gasteiger partial charge in [0.05, 0.1) is 6.10 Å². The van der Waals surface area contributed by atoms with Crippen molar-refractivity contribution in [3.63, 3.8) is 0 Å². The standard InChI is InChI=1S/C15H20Br2O3/c1-3-4-5-6-18-15(10(2)16)11-7-13-14(8-12(11)17)20-9-19-13/h7-8,10,15H,3-6,9H2,1-2H3/t10-,15-/m0/s1. The molecule has 112 valence electrons. The fourth-order valence-electron chi connectivity index (χ4n) is 2.18. The first-order chi connectivity index (χ1) is 9.63. The summed E-state index contributed by atoms with van der Waals surface area (Å²) in [5.74, 6) is 1.58. The molecular weight excluding hydrogens is 388 g/mol. The van der Waals surface area contributed by atoms with Crippen molar-refractivity contribution in [1.82, 2.24) is 0 Å². The number of unbranched alkanes of at least 4 members (excludes halogenated alkanes) is 2. The number of alkyl halides is 1. The Bertz CT molecular complexity index is 449. The summed E-state index contributed by atoms with van der Waals surface area (Å²) in [7, 11) is 0. The maximum atomic E-state index is 6.06. The molecule has 0 saturated carbocycles. The van der Waals surface area contributed by atoms with Gasteiger partial charge in [-0.15, -0.1) is 0 Å². The summed E-state index contributed by atoms with van der Waals surface area (Å²) in [6, 6.07) is 3.96. The predicted octanol–water partition coefficient (Wildman–Crippen LogP) is 5.21. The highest BCUT2D eigenvalue weighted by molar-refractivity contribution is 9.10. The van der Waals surface area contributed by atoms with E-state index in [0.717, 1.165) is 34.6 Å². The molecule has 3 nitrogen and oxygen atoms in total. The lowest BCUT2D eigenvalue weighted by molar-refractivity contribution is 0.0519. The second-order valence-corrected chi connectivity index (χ2v) is 7.20. The summed E-state index contributed by atoms with van der Waals surface area (Å²) >= 11 is 7.25. The van der Waals surface area contributed by atoms with Crippen LogP contribution in [0.4, 0.5) is 0 Å². The first kappa shape index (κ1) is 16.1. The average Bonchev–Trinajstić information content (AvgIpc) is 2.85. The van der Waals surface area contributed by atoms with Crippen molar-refractivity contribution in [2.45, 2.75) is 44.0 Å². The first-order valence-electron chi connectivity index (χ1n) is 6.98. The molecule has 0 radical (unpaired) electrons. The SMILES string of the molecule is CCCCCO[C@H](c1cc2c(cc1Br)OCO2)[C@H](C)Br. The summed E-state index contributed by atoms with van der Waals surface area (Å²) in [5.41, 5.74) is 1.09. The van der Waals surface area contributed by atoms with E-state index in [1.807, 2.05) is 12.1 Å². The van der Waals surface area contributed by atoms with Gasteiger partial charge in [-0.05, 0) is 25.5 Å². The largest absolute Gasteiger partial charge is 0.454 e. The molecule has 2 rings (SSSR count). The summed E-state index contributed by atoms with van der Waals surface area (Å²) in [6.07, 6.45) is 3.49. The van der Waals surface area contributed by atoms with E-state index in [9.17, 15) is 0 Å². The molecule has 0 bridgehead atoms. The van der Waals surface area contributed by atoms with Crippen LogP contribution in [0.1, 0.15) is 44.8 Å². The second-order valence-electron chi connectivity index (χ2n) is 4.90. The van der Waals surface area contributed by atoms with Gasteiger partial charge in [0.15, 0.2) is 11.5 Å². The first-order valence-corrected chi connectivity index (χ1v) is 8.69. The minimum absolute atomic E-state index is 0.00395. The van der Waals surface area contributed by atoms with E-state index < -0.39 is 0 Å². The molecule has 1 aromatic rings. The third kappa shape index (κ3) is 3.89. The van der Waals surface area contributed by atoms with Crippen LogP contribution in [0.15, 0.2) is 16.6 Å². The van der Waals surface area contributed by atoms with Crippen LogP contribution in [-0.2, 0) is 4.74 Å². The summed E-state index contributed by atoms with van der Waals surface area (Å²) < 4.78 is 17.9. The van der Waals surface area contributed by atoms with Crippen LogP contribution in [0, 0.1) is 0 Å². The Morgan fingerprint density at radius 3 is 2.60 bits per heavy atom. The van der Waals surface area contributed by atoms with Crippen LogP contribution in [0.5, 0.6) is 11.5 Å². The number of ether oxygens (including phenoxy) is 3. The topological polar surface area (TPSA) is 27.7 Å². The number of rotatable bonds is 7. The molecule has 5 heteroatoms. The van der Waals surface area contributed by atoms with Crippen molar-refractivity contribution < 1.29 is 14.2 Å². The average molecular weight is 408 g/mol. The molecule has 0 aromatic heterocycles. The molecular formula is C15H20Br2O3. The number of hydrogen-bond acceptors (Lipinski definition) is 3. The van der Waals surface area contributed by atoms with Crippen molar-refractivity contribution >= 4 is 31.9 Å². The Morgan fingerprint density at radius 2 is 1.95 bits per heavy atom. The monoisotopic (exact) mass is 406 g/mol. The van der Waals surface area contributed by atoms with Crippen LogP contribution < -0.4 is 9.47 Å². The molecule has 0 N–H and O–H groups in total. The van der Waals surface area contributed by atoms with Gasteiger partial charge in [-0.3, -0.25) is 0 Å². The lowest BCUT2D eigenvalue weighted by Gasteiger charge is -2.22. The molecule has 1 aromatic carbocycles. The molecule has 0 fully saturated rings. The van der Waals surface area contributed by atoms with Crippen LogP contribution in [0.25, 0.3) is 0 Å². The highest BCUT2D eigenvalue weighted by Crippen LogP contribution is 2.41. The summed E-state index contributed by atoms with van der Waals surface area (Å²) in [5, 5.41) is 0. The van der Waals surface area contributed by atoms with Crippen molar-refractivity contribution in [2.75, 3.05) is 13.4 Å². The van der Waals surface area contributed by atoms with E-state index in [-0.39, 0.29) is 17.7 Å². The Balaban J connectivity index is 2.12. The number of benzene rings is 1. The molecule has 0 saturated heterocycles. The molecule has 2 atom stereocenters. The quantitative estimate of drug-likeness (QED) is 0.458. The molecule has 1 heterocycles. The van der Waals surface area contributed by atoms with E-state index >= 15 is 0 Å². The van der Waals surface area contributed by atoms with E-state index in [1.54, 1.807) is 0 Å². The predicted molar refractivity (Wildman–Crippen MR) is 86.9 cm³/mol. The van der Waals surface area contributed by atoms with Crippen LogP contribution in [0.3, 0.4) is 0 Å². The van der Waals surface area contributed by atoms with Crippen molar-refractivity contribution in [1.29, 1.82) is 0 Å². The lowest BCUT2D eigenvalue weighted by atomic mass is 10.1. The molecule has 20 heavy (non-hydrogen) atoms. The Kier molecular flexibility index (Phi) is 6.18. The van der Waals surface area contributed by atoms with Crippen LogP contribution >= 0.6 is 31.9 Å². The molecule has 1 aliphatic rings. The van der Waals surface area contributed by atoms with E-state index in [1.165, 1.54) is 12.8 Å². The zero-order valence-electron chi connectivity index (χ0n) is 11.8. The fourth-order valence-corrected chi connectivity index (χ4v) is 3.17. The van der Waals surface area contributed by atoms with Gasteiger partial charge in [0.1, 0.15) is 0 Å². The third-order valence-corrected chi connectivity index (χ3v) is 4.43. The van der Waals surface area contributed by atoms with Crippen molar-refractivity contribution in [3.8, 4) is 11.5 Å². The minimum Gasteiger partial charge on any atom is -0.454 e.